The first-order chi connectivity index (χ1) is 14.6. The van der Waals surface area contributed by atoms with Crippen molar-refractivity contribution in [2.45, 2.75) is 32.2 Å². The molecule has 0 saturated carbocycles. The highest BCUT2D eigenvalue weighted by molar-refractivity contribution is 5.77. The fraction of sp³-hybridized carbons (Fsp3) is 0.417. The first kappa shape index (κ1) is 21.8. The Balaban J connectivity index is 1.52. The molecule has 2 aromatic rings. The second-order valence-corrected chi connectivity index (χ2v) is 7.60. The van der Waals surface area contributed by atoms with E-state index in [2.05, 4.69) is 41.4 Å². The molecule has 0 radical (unpaired) electrons. The lowest BCUT2D eigenvalue weighted by atomic mass is 10.0. The number of nitrogens with zero attached hydrogens (tertiary/aromatic N) is 1. The summed E-state index contributed by atoms with van der Waals surface area (Å²) in [7, 11) is 1.52. The van der Waals surface area contributed by atoms with Gasteiger partial charge in [0.05, 0.1) is 26.2 Å². The Morgan fingerprint density at radius 1 is 1.13 bits per heavy atom. The SMILES string of the molecule is COc1cc(C=O)ccc1OCCC(=O)NCC(c1ccc(C)cc1)N1CCCC1. The van der Waals surface area contributed by atoms with Crippen molar-refractivity contribution in [1.82, 2.24) is 10.2 Å². The Kier molecular flexibility index (Phi) is 7.85. The molecule has 1 amide bonds. The summed E-state index contributed by atoms with van der Waals surface area (Å²) < 4.78 is 10.9. The largest absolute Gasteiger partial charge is 0.493 e. The van der Waals surface area contributed by atoms with Gasteiger partial charge in [0.25, 0.3) is 0 Å². The molecule has 1 aliphatic rings. The average Bonchev–Trinajstić information content (AvgIpc) is 3.30. The minimum Gasteiger partial charge on any atom is -0.493 e. The van der Waals surface area contributed by atoms with Gasteiger partial charge in [-0.05, 0) is 56.6 Å². The van der Waals surface area contributed by atoms with E-state index in [9.17, 15) is 9.59 Å². The summed E-state index contributed by atoms with van der Waals surface area (Å²) in [6.45, 7) is 5.03. The first-order valence-electron chi connectivity index (χ1n) is 10.4. The van der Waals surface area contributed by atoms with E-state index in [0.29, 0.717) is 23.6 Å². The number of aryl methyl sites for hydroxylation is 1. The fourth-order valence-electron chi connectivity index (χ4n) is 3.73. The minimum absolute atomic E-state index is 0.0465. The topological polar surface area (TPSA) is 67.9 Å². The van der Waals surface area contributed by atoms with Crippen molar-refractivity contribution in [2.75, 3.05) is 33.4 Å². The normalized spacial score (nSPS) is 14.9. The lowest BCUT2D eigenvalue weighted by molar-refractivity contribution is -0.121. The van der Waals surface area contributed by atoms with Crippen LogP contribution < -0.4 is 14.8 Å². The number of hydrogen-bond acceptors (Lipinski definition) is 5. The molecule has 30 heavy (non-hydrogen) atoms. The zero-order valence-corrected chi connectivity index (χ0v) is 17.7. The van der Waals surface area contributed by atoms with Crippen LogP contribution in [-0.4, -0.2) is 50.4 Å². The number of carbonyl (C=O) groups excluding carboxylic acids is 2. The zero-order chi connectivity index (χ0) is 21.3. The summed E-state index contributed by atoms with van der Waals surface area (Å²) in [5.74, 6) is 0.953. The molecular weight excluding hydrogens is 380 g/mol. The zero-order valence-electron chi connectivity index (χ0n) is 17.7. The van der Waals surface area contributed by atoms with E-state index in [-0.39, 0.29) is 25.0 Å². The summed E-state index contributed by atoms with van der Waals surface area (Å²) in [6, 6.07) is 13.7. The Labute approximate surface area is 178 Å². The molecule has 0 spiro atoms. The van der Waals surface area contributed by atoms with Gasteiger partial charge in [-0.2, -0.15) is 0 Å². The number of benzene rings is 2. The summed E-state index contributed by atoms with van der Waals surface area (Å²) in [5, 5.41) is 3.07. The molecule has 0 bridgehead atoms. The maximum absolute atomic E-state index is 12.4. The molecule has 6 nitrogen and oxygen atoms in total. The van der Waals surface area contributed by atoms with Gasteiger partial charge in [-0.1, -0.05) is 29.8 Å². The molecule has 0 aliphatic carbocycles. The van der Waals surface area contributed by atoms with E-state index in [1.807, 2.05) is 0 Å². The first-order valence-corrected chi connectivity index (χ1v) is 10.4. The van der Waals surface area contributed by atoms with Gasteiger partial charge in [0.1, 0.15) is 6.29 Å². The van der Waals surface area contributed by atoms with Gasteiger partial charge in [0.2, 0.25) is 5.91 Å². The molecular formula is C24H30N2O4. The quantitative estimate of drug-likeness (QED) is 0.607. The van der Waals surface area contributed by atoms with Crippen molar-refractivity contribution < 1.29 is 19.1 Å². The number of methoxy groups -OCH3 is 1. The summed E-state index contributed by atoms with van der Waals surface area (Å²) in [6.07, 6.45) is 3.41. The van der Waals surface area contributed by atoms with Crippen LogP contribution in [0.4, 0.5) is 0 Å². The molecule has 2 aromatic carbocycles. The number of hydrogen-bond donors (Lipinski definition) is 1. The monoisotopic (exact) mass is 410 g/mol. The molecule has 6 heteroatoms. The number of likely N-dealkylation sites (tertiary alicyclic amines) is 1. The molecule has 1 saturated heterocycles. The number of carbonyl (C=O) groups is 2. The predicted molar refractivity (Wildman–Crippen MR) is 116 cm³/mol. The molecule has 0 aromatic heterocycles. The number of aldehydes is 1. The highest BCUT2D eigenvalue weighted by Gasteiger charge is 2.23. The number of ether oxygens (including phenoxy) is 2. The van der Waals surface area contributed by atoms with Crippen LogP contribution in [0.25, 0.3) is 0 Å². The van der Waals surface area contributed by atoms with E-state index in [1.165, 1.54) is 31.1 Å². The van der Waals surface area contributed by atoms with Crippen LogP contribution in [-0.2, 0) is 4.79 Å². The minimum atomic E-state index is -0.0465. The molecule has 160 valence electrons. The van der Waals surface area contributed by atoms with Crippen molar-refractivity contribution in [3.63, 3.8) is 0 Å². The second kappa shape index (κ2) is 10.8. The van der Waals surface area contributed by atoms with Gasteiger partial charge < -0.3 is 14.8 Å². The lowest BCUT2D eigenvalue weighted by Gasteiger charge is -2.28. The van der Waals surface area contributed by atoms with Crippen molar-refractivity contribution in [1.29, 1.82) is 0 Å². The van der Waals surface area contributed by atoms with Gasteiger partial charge in [-0.25, -0.2) is 0 Å². The van der Waals surface area contributed by atoms with E-state index >= 15 is 0 Å². The lowest BCUT2D eigenvalue weighted by Crippen LogP contribution is -2.37. The summed E-state index contributed by atoms with van der Waals surface area (Å²) in [5.41, 5.74) is 2.98. The number of nitrogens with one attached hydrogen (secondary N) is 1. The van der Waals surface area contributed by atoms with E-state index in [1.54, 1.807) is 18.2 Å². The van der Waals surface area contributed by atoms with E-state index < -0.39 is 0 Å². The Bertz CT molecular complexity index is 845. The molecule has 1 unspecified atom stereocenters. The molecule has 1 aliphatic heterocycles. The third-order valence-corrected chi connectivity index (χ3v) is 5.45. The third-order valence-electron chi connectivity index (χ3n) is 5.45. The van der Waals surface area contributed by atoms with Crippen LogP contribution >= 0.6 is 0 Å². The van der Waals surface area contributed by atoms with E-state index in [4.69, 9.17) is 9.47 Å². The molecule has 1 atom stereocenters. The van der Waals surface area contributed by atoms with Gasteiger partial charge in [-0.3, -0.25) is 14.5 Å². The Morgan fingerprint density at radius 3 is 2.53 bits per heavy atom. The fourth-order valence-corrected chi connectivity index (χ4v) is 3.73. The average molecular weight is 411 g/mol. The number of amides is 1. The third kappa shape index (κ3) is 5.83. The highest BCUT2D eigenvalue weighted by Crippen LogP contribution is 2.28. The van der Waals surface area contributed by atoms with Gasteiger partial charge >= 0.3 is 0 Å². The second-order valence-electron chi connectivity index (χ2n) is 7.60. The smallest absolute Gasteiger partial charge is 0.223 e. The molecule has 1 fully saturated rings. The number of rotatable bonds is 10. The Hall–Kier alpha value is -2.86. The van der Waals surface area contributed by atoms with E-state index in [0.717, 1.165) is 19.4 Å². The highest BCUT2D eigenvalue weighted by atomic mass is 16.5. The van der Waals surface area contributed by atoms with Crippen LogP contribution in [0.3, 0.4) is 0 Å². The summed E-state index contributed by atoms with van der Waals surface area (Å²) >= 11 is 0. The maximum atomic E-state index is 12.4. The van der Waals surface area contributed by atoms with Crippen LogP contribution in [0.1, 0.15) is 46.8 Å². The molecule has 3 rings (SSSR count). The van der Waals surface area contributed by atoms with Gasteiger partial charge in [-0.15, -0.1) is 0 Å². The van der Waals surface area contributed by atoms with Crippen molar-refractivity contribution in [3.05, 3.63) is 59.2 Å². The van der Waals surface area contributed by atoms with Crippen LogP contribution in [0.2, 0.25) is 0 Å². The van der Waals surface area contributed by atoms with Gasteiger partial charge in [0.15, 0.2) is 11.5 Å². The van der Waals surface area contributed by atoms with Crippen molar-refractivity contribution in [2.24, 2.45) is 0 Å². The van der Waals surface area contributed by atoms with Crippen molar-refractivity contribution in [3.8, 4) is 11.5 Å². The van der Waals surface area contributed by atoms with Crippen LogP contribution in [0.15, 0.2) is 42.5 Å². The van der Waals surface area contributed by atoms with Crippen LogP contribution in [0.5, 0.6) is 11.5 Å². The maximum Gasteiger partial charge on any atom is 0.223 e. The molecule has 1 N–H and O–H groups in total. The van der Waals surface area contributed by atoms with Gasteiger partial charge in [0, 0.05) is 12.1 Å². The predicted octanol–water partition coefficient (Wildman–Crippen LogP) is 3.54. The molecule has 1 heterocycles. The summed E-state index contributed by atoms with van der Waals surface area (Å²) in [4.78, 5) is 25.7. The standard InChI is InChI=1S/C24H30N2O4/c1-18-5-8-20(9-6-18)21(26-12-3-4-13-26)16-25-24(28)11-14-30-22-10-7-19(17-27)15-23(22)29-2/h5-10,15,17,21H,3-4,11-14,16H2,1-2H3,(H,25,28). The Morgan fingerprint density at radius 2 is 1.87 bits per heavy atom. The van der Waals surface area contributed by atoms with Crippen LogP contribution in [0, 0.1) is 6.92 Å². The van der Waals surface area contributed by atoms with Crippen molar-refractivity contribution >= 4 is 12.2 Å².